The Hall–Kier alpha value is -0.840. The molecule has 0 unspecified atom stereocenters. The van der Waals surface area contributed by atoms with Gasteiger partial charge in [-0.05, 0) is 12.5 Å². The zero-order chi connectivity index (χ0) is 12.5. The summed E-state index contributed by atoms with van der Waals surface area (Å²) in [6.45, 7) is 3.68. The molecule has 0 aliphatic carbocycles. The van der Waals surface area contributed by atoms with Gasteiger partial charge in [0.1, 0.15) is 6.61 Å². The molecule has 4 nitrogen and oxygen atoms in total. The highest BCUT2D eigenvalue weighted by atomic mass is 35.5. The summed E-state index contributed by atoms with van der Waals surface area (Å²) in [5.74, 6) is 0.456. The van der Waals surface area contributed by atoms with E-state index in [2.05, 4.69) is 11.9 Å². The molecule has 0 atom stereocenters. The van der Waals surface area contributed by atoms with E-state index in [1.54, 1.807) is 12.1 Å². The standard InChI is InChI=1S/C12H18ClNO3/c1-2-3-6-16-7-8-17-12-5-4-10(13)11(9-15)14-12/h4-5,15H,2-3,6-9H2,1H3. The largest absolute Gasteiger partial charge is 0.475 e. The van der Waals surface area contributed by atoms with E-state index in [1.165, 1.54) is 0 Å². The number of aliphatic hydroxyl groups is 1. The molecule has 1 rings (SSSR count). The summed E-state index contributed by atoms with van der Waals surface area (Å²) in [6.07, 6.45) is 2.19. The topological polar surface area (TPSA) is 51.6 Å². The second-order valence-corrected chi connectivity index (χ2v) is 3.96. The molecule has 0 amide bonds. The summed E-state index contributed by atoms with van der Waals surface area (Å²) < 4.78 is 10.7. The molecule has 96 valence electrons. The van der Waals surface area contributed by atoms with Crippen LogP contribution < -0.4 is 4.74 Å². The number of halogens is 1. The quantitative estimate of drug-likeness (QED) is 0.729. The van der Waals surface area contributed by atoms with Crippen molar-refractivity contribution in [1.82, 2.24) is 4.98 Å². The lowest BCUT2D eigenvalue weighted by Gasteiger charge is -2.07. The van der Waals surface area contributed by atoms with Gasteiger partial charge in [0.05, 0.1) is 23.9 Å². The predicted octanol–water partition coefficient (Wildman–Crippen LogP) is 2.42. The van der Waals surface area contributed by atoms with Crippen LogP contribution in [0.2, 0.25) is 5.02 Å². The van der Waals surface area contributed by atoms with Crippen molar-refractivity contribution in [2.75, 3.05) is 19.8 Å². The molecule has 0 aromatic carbocycles. The van der Waals surface area contributed by atoms with Crippen molar-refractivity contribution in [2.24, 2.45) is 0 Å². The van der Waals surface area contributed by atoms with Crippen molar-refractivity contribution in [1.29, 1.82) is 0 Å². The monoisotopic (exact) mass is 259 g/mol. The fourth-order valence-corrected chi connectivity index (χ4v) is 1.37. The lowest BCUT2D eigenvalue weighted by molar-refractivity contribution is 0.0963. The maximum atomic E-state index is 8.98. The lowest BCUT2D eigenvalue weighted by atomic mass is 10.3. The number of hydrogen-bond acceptors (Lipinski definition) is 4. The molecule has 17 heavy (non-hydrogen) atoms. The van der Waals surface area contributed by atoms with Crippen LogP contribution in [0.25, 0.3) is 0 Å². The smallest absolute Gasteiger partial charge is 0.213 e. The van der Waals surface area contributed by atoms with E-state index in [0.29, 0.717) is 29.8 Å². The van der Waals surface area contributed by atoms with E-state index in [9.17, 15) is 0 Å². The minimum absolute atomic E-state index is 0.191. The van der Waals surface area contributed by atoms with E-state index in [-0.39, 0.29) is 6.61 Å². The van der Waals surface area contributed by atoms with Crippen LogP contribution >= 0.6 is 11.6 Å². The summed E-state index contributed by atoms with van der Waals surface area (Å²) in [5, 5.41) is 9.43. The second kappa shape index (κ2) is 8.28. The summed E-state index contributed by atoms with van der Waals surface area (Å²) in [4.78, 5) is 4.07. The first-order valence-electron chi connectivity index (χ1n) is 5.74. The average Bonchev–Trinajstić information content (AvgIpc) is 2.35. The van der Waals surface area contributed by atoms with Gasteiger partial charge in [-0.3, -0.25) is 0 Å². The molecule has 0 aliphatic rings. The second-order valence-electron chi connectivity index (χ2n) is 3.55. The number of rotatable bonds is 8. The summed E-state index contributed by atoms with van der Waals surface area (Å²) in [7, 11) is 0. The number of pyridine rings is 1. The summed E-state index contributed by atoms with van der Waals surface area (Å²) >= 11 is 5.81. The van der Waals surface area contributed by atoms with Crippen LogP contribution in [0.4, 0.5) is 0 Å². The summed E-state index contributed by atoms with van der Waals surface area (Å²) in [6, 6.07) is 3.33. The third-order valence-corrected chi connectivity index (χ3v) is 2.51. The van der Waals surface area contributed by atoms with Gasteiger partial charge in [-0.1, -0.05) is 24.9 Å². The van der Waals surface area contributed by atoms with E-state index >= 15 is 0 Å². The molecule has 0 saturated carbocycles. The number of ether oxygens (including phenoxy) is 2. The Balaban J connectivity index is 2.27. The Bertz CT molecular complexity index is 334. The van der Waals surface area contributed by atoms with E-state index in [1.807, 2.05) is 0 Å². The van der Waals surface area contributed by atoms with Crippen molar-refractivity contribution >= 4 is 11.6 Å². The number of aromatic nitrogens is 1. The zero-order valence-electron chi connectivity index (χ0n) is 9.99. The summed E-state index contributed by atoms with van der Waals surface area (Å²) in [5.41, 5.74) is 0.427. The molecule has 1 aromatic rings. The lowest BCUT2D eigenvalue weighted by Crippen LogP contribution is -2.08. The SMILES string of the molecule is CCCCOCCOc1ccc(Cl)c(CO)n1. The Morgan fingerprint density at radius 3 is 2.82 bits per heavy atom. The number of aliphatic hydroxyl groups excluding tert-OH is 1. The highest BCUT2D eigenvalue weighted by molar-refractivity contribution is 6.31. The molecular weight excluding hydrogens is 242 g/mol. The molecule has 0 saturated heterocycles. The number of unbranched alkanes of at least 4 members (excludes halogenated alkanes) is 1. The van der Waals surface area contributed by atoms with Gasteiger partial charge in [0.15, 0.2) is 0 Å². The third kappa shape index (κ3) is 5.35. The van der Waals surface area contributed by atoms with Crippen LogP contribution in [-0.2, 0) is 11.3 Å². The Morgan fingerprint density at radius 2 is 2.12 bits per heavy atom. The Kier molecular flexibility index (Phi) is 6.93. The van der Waals surface area contributed by atoms with Crippen molar-refractivity contribution in [3.05, 3.63) is 22.8 Å². The van der Waals surface area contributed by atoms with Crippen LogP contribution in [0.3, 0.4) is 0 Å². The van der Waals surface area contributed by atoms with Gasteiger partial charge in [0.25, 0.3) is 0 Å². The maximum Gasteiger partial charge on any atom is 0.213 e. The Morgan fingerprint density at radius 1 is 1.29 bits per heavy atom. The van der Waals surface area contributed by atoms with E-state index in [4.69, 9.17) is 26.2 Å². The normalized spacial score (nSPS) is 10.5. The molecular formula is C12H18ClNO3. The van der Waals surface area contributed by atoms with Crippen molar-refractivity contribution in [2.45, 2.75) is 26.4 Å². The fraction of sp³-hybridized carbons (Fsp3) is 0.583. The van der Waals surface area contributed by atoms with Crippen molar-refractivity contribution in [3.8, 4) is 5.88 Å². The first kappa shape index (κ1) is 14.2. The molecule has 0 bridgehead atoms. The fourth-order valence-electron chi connectivity index (χ4n) is 1.21. The number of nitrogens with zero attached hydrogens (tertiary/aromatic N) is 1. The van der Waals surface area contributed by atoms with Gasteiger partial charge in [0, 0.05) is 12.7 Å². The van der Waals surface area contributed by atoms with Crippen LogP contribution in [-0.4, -0.2) is 29.9 Å². The van der Waals surface area contributed by atoms with Gasteiger partial charge in [-0.2, -0.15) is 0 Å². The maximum absolute atomic E-state index is 8.98. The highest BCUT2D eigenvalue weighted by Gasteiger charge is 2.03. The van der Waals surface area contributed by atoms with Crippen LogP contribution in [0.15, 0.2) is 12.1 Å². The molecule has 0 spiro atoms. The average molecular weight is 260 g/mol. The van der Waals surface area contributed by atoms with Gasteiger partial charge in [0.2, 0.25) is 5.88 Å². The highest BCUT2D eigenvalue weighted by Crippen LogP contribution is 2.17. The predicted molar refractivity (Wildman–Crippen MR) is 66.4 cm³/mol. The molecule has 0 aliphatic heterocycles. The molecule has 0 fully saturated rings. The first-order chi connectivity index (χ1) is 8.27. The first-order valence-corrected chi connectivity index (χ1v) is 6.12. The molecule has 0 radical (unpaired) electrons. The van der Waals surface area contributed by atoms with Crippen LogP contribution in [0, 0.1) is 0 Å². The van der Waals surface area contributed by atoms with Crippen LogP contribution in [0.5, 0.6) is 5.88 Å². The number of hydrogen-bond donors (Lipinski definition) is 1. The Labute approximate surface area is 107 Å². The van der Waals surface area contributed by atoms with E-state index in [0.717, 1.165) is 19.4 Å². The van der Waals surface area contributed by atoms with Crippen LogP contribution in [0.1, 0.15) is 25.5 Å². The van der Waals surface area contributed by atoms with Crippen molar-refractivity contribution < 1.29 is 14.6 Å². The molecule has 5 heteroatoms. The minimum Gasteiger partial charge on any atom is -0.475 e. The molecule has 1 N–H and O–H groups in total. The third-order valence-electron chi connectivity index (χ3n) is 2.16. The van der Waals surface area contributed by atoms with Gasteiger partial charge in [-0.25, -0.2) is 4.98 Å². The van der Waals surface area contributed by atoms with Gasteiger partial charge >= 0.3 is 0 Å². The minimum atomic E-state index is -0.191. The van der Waals surface area contributed by atoms with Crippen molar-refractivity contribution in [3.63, 3.8) is 0 Å². The molecule has 1 aromatic heterocycles. The van der Waals surface area contributed by atoms with Gasteiger partial charge < -0.3 is 14.6 Å². The zero-order valence-corrected chi connectivity index (χ0v) is 10.7. The molecule has 1 heterocycles. The van der Waals surface area contributed by atoms with Gasteiger partial charge in [-0.15, -0.1) is 0 Å². The van der Waals surface area contributed by atoms with E-state index < -0.39 is 0 Å².